The van der Waals surface area contributed by atoms with Gasteiger partial charge in [-0.2, -0.15) is 5.26 Å². The molecule has 3 aromatic rings. The van der Waals surface area contributed by atoms with Crippen LogP contribution in [-0.4, -0.2) is 15.9 Å². The summed E-state index contributed by atoms with van der Waals surface area (Å²) in [4.78, 5) is 20.0. The summed E-state index contributed by atoms with van der Waals surface area (Å²) in [6.45, 7) is 0. The molecule has 6 nitrogen and oxygen atoms in total. The molecule has 1 heterocycles. The molecule has 0 saturated heterocycles. The molecule has 0 aliphatic heterocycles. The predicted molar refractivity (Wildman–Crippen MR) is 90.8 cm³/mol. The van der Waals surface area contributed by atoms with E-state index in [2.05, 4.69) is 20.6 Å². The number of aromatic nitrogens is 2. The summed E-state index contributed by atoms with van der Waals surface area (Å²) in [6, 6.07) is 13.0. The van der Waals surface area contributed by atoms with Gasteiger partial charge in [0.25, 0.3) is 5.91 Å². The van der Waals surface area contributed by atoms with E-state index in [1.165, 1.54) is 18.2 Å². The maximum absolute atomic E-state index is 13.7. The molecule has 2 aromatic carbocycles. The summed E-state index contributed by atoms with van der Waals surface area (Å²) < 4.78 is 27.4. The summed E-state index contributed by atoms with van der Waals surface area (Å²) in [7, 11) is 0. The van der Waals surface area contributed by atoms with Crippen LogP contribution in [0.5, 0.6) is 0 Å². The minimum atomic E-state index is -0.789. The zero-order chi connectivity index (χ0) is 18.5. The average Bonchev–Trinajstić information content (AvgIpc) is 2.65. The van der Waals surface area contributed by atoms with Crippen molar-refractivity contribution in [2.75, 3.05) is 10.6 Å². The summed E-state index contributed by atoms with van der Waals surface area (Å²) in [5, 5.41) is 14.0. The van der Waals surface area contributed by atoms with Crippen LogP contribution in [0.15, 0.2) is 54.9 Å². The van der Waals surface area contributed by atoms with Crippen molar-refractivity contribution < 1.29 is 13.6 Å². The molecule has 0 atom stereocenters. The van der Waals surface area contributed by atoms with Crippen molar-refractivity contribution in [1.29, 1.82) is 5.26 Å². The Labute approximate surface area is 147 Å². The average molecular weight is 351 g/mol. The zero-order valence-electron chi connectivity index (χ0n) is 13.2. The molecule has 1 amide bonds. The van der Waals surface area contributed by atoms with Gasteiger partial charge in [0.1, 0.15) is 35.2 Å². The first-order chi connectivity index (χ1) is 12.6. The SMILES string of the molecule is N#Cc1cccc(NC(=O)c2cc(Nc3c(F)cccc3F)ncn2)c1. The molecule has 0 spiro atoms. The molecule has 0 aliphatic rings. The summed E-state index contributed by atoms with van der Waals surface area (Å²) in [6.07, 6.45) is 1.10. The number of carbonyl (C=O) groups is 1. The highest BCUT2D eigenvalue weighted by Crippen LogP contribution is 2.22. The number of hydrogen-bond donors (Lipinski definition) is 2. The molecule has 26 heavy (non-hydrogen) atoms. The molecule has 3 rings (SSSR count). The van der Waals surface area contributed by atoms with Crippen LogP contribution < -0.4 is 10.6 Å². The second-order valence-corrected chi connectivity index (χ2v) is 5.16. The second-order valence-electron chi connectivity index (χ2n) is 5.16. The van der Waals surface area contributed by atoms with Crippen LogP contribution in [0.3, 0.4) is 0 Å². The largest absolute Gasteiger partial charge is 0.335 e. The van der Waals surface area contributed by atoms with Crippen molar-refractivity contribution in [3.63, 3.8) is 0 Å². The molecular formula is C18H11F2N5O. The summed E-state index contributed by atoms with van der Waals surface area (Å²) in [5.74, 6) is -2.08. The zero-order valence-corrected chi connectivity index (χ0v) is 13.2. The summed E-state index contributed by atoms with van der Waals surface area (Å²) in [5.41, 5.74) is 0.422. The first kappa shape index (κ1) is 17.0. The minimum absolute atomic E-state index is 0.0124. The van der Waals surface area contributed by atoms with Gasteiger partial charge in [-0.25, -0.2) is 18.7 Å². The smallest absolute Gasteiger partial charge is 0.274 e. The highest BCUT2D eigenvalue weighted by Gasteiger charge is 2.13. The molecule has 0 fully saturated rings. The molecule has 0 radical (unpaired) electrons. The van der Waals surface area contributed by atoms with Crippen LogP contribution >= 0.6 is 0 Å². The fourth-order valence-electron chi connectivity index (χ4n) is 2.16. The number of para-hydroxylation sites is 1. The van der Waals surface area contributed by atoms with Gasteiger partial charge in [0, 0.05) is 11.8 Å². The third-order valence-electron chi connectivity index (χ3n) is 3.37. The number of nitrogens with one attached hydrogen (secondary N) is 2. The van der Waals surface area contributed by atoms with Crippen molar-refractivity contribution in [3.05, 3.63) is 77.8 Å². The van der Waals surface area contributed by atoms with E-state index in [0.29, 0.717) is 11.3 Å². The van der Waals surface area contributed by atoms with Gasteiger partial charge in [-0.3, -0.25) is 4.79 Å². The number of benzene rings is 2. The van der Waals surface area contributed by atoms with Crippen LogP contribution in [0, 0.1) is 23.0 Å². The molecule has 0 saturated carbocycles. The molecule has 128 valence electrons. The predicted octanol–water partition coefficient (Wildman–Crippen LogP) is 3.62. The minimum Gasteiger partial charge on any atom is -0.335 e. The molecule has 0 aliphatic carbocycles. The van der Waals surface area contributed by atoms with Gasteiger partial charge in [-0.05, 0) is 30.3 Å². The van der Waals surface area contributed by atoms with Crippen molar-refractivity contribution in [1.82, 2.24) is 9.97 Å². The number of halogens is 2. The Morgan fingerprint density at radius 1 is 1.04 bits per heavy atom. The van der Waals surface area contributed by atoms with Gasteiger partial charge in [-0.1, -0.05) is 12.1 Å². The fraction of sp³-hybridized carbons (Fsp3) is 0. The number of carbonyl (C=O) groups excluding carboxylic acids is 1. The summed E-state index contributed by atoms with van der Waals surface area (Å²) >= 11 is 0. The monoisotopic (exact) mass is 351 g/mol. The maximum atomic E-state index is 13.7. The van der Waals surface area contributed by atoms with Gasteiger partial charge in [0.15, 0.2) is 0 Å². The number of amides is 1. The Kier molecular flexibility index (Phi) is 4.80. The van der Waals surface area contributed by atoms with Crippen LogP contribution in [0.4, 0.5) is 26.0 Å². The van der Waals surface area contributed by atoms with Crippen molar-refractivity contribution in [2.45, 2.75) is 0 Å². The molecule has 2 N–H and O–H groups in total. The topological polar surface area (TPSA) is 90.7 Å². The fourth-order valence-corrected chi connectivity index (χ4v) is 2.16. The van der Waals surface area contributed by atoms with Gasteiger partial charge in [0.05, 0.1) is 11.6 Å². The number of hydrogen-bond acceptors (Lipinski definition) is 5. The van der Waals surface area contributed by atoms with Crippen LogP contribution in [-0.2, 0) is 0 Å². The van der Waals surface area contributed by atoms with E-state index >= 15 is 0 Å². The van der Waals surface area contributed by atoms with E-state index in [4.69, 9.17) is 5.26 Å². The number of nitrogens with zero attached hydrogens (tertiary/aromatic N) is 3. The number of anilines is 3. The van der Waals surface area contributed by atoms with Crippen molar-refractivity contribution in [2.24, 2.45) is 0 Å². The Balaban J connectivity index is 1.80. The second kappa shape index (κ2) is 7.36. The van der Waals surface area contributed by atoms with E-state index in [1.54, 1.807) is 18.2 Å². The van der Waals surface area contributed by atoms with Crippen molar-refractivity contribution >= 4 is 23.1 Å². The number of nitriles is 1. The maximum Gasteiger partial charge on any atom is 0.274 e. The number of rotatable bonds is 4. The van der Waals surface area contributed by atoms with Gasteiger partial charge >= 0.3 is 0 Å². The Morgan fingerprint density at radius 3 is 2.50 bits per heavy atom. The normalized spacial score (nSPS) is 10.0. The van der Waals surface area contributed by atoms with E-state index in [0.717, 1.165) is 18.5 Å². The van der Waals surface area contributed by atoms with Crippen LogP contribution in [0.25, 0.3) is 0 Å². The lowest BCUT2D eigenvalue weighted by Crippen LogP contribution is -2.14. The standard InChI is InChI=1S/C18H11F2N5O/c19-13-5-2-6-14(20)17(13)25-16-8-15(22-10-23-16)18(26)24-12-4-1-3-11(7-12)9-21/h1-8,10H,(H,24,26)(H,22,23,25). The molecular weight excluding hydrogens is 340 g/mol. The Hall–Kier alpha value is -3.86. The van der Waals surface area contributed by atoms with Gasteiger partial charge in [0.2, 0.25) is 0 Å². The third kappa shape index (κ3) is 3.79. The Bertz CT molecular complexity index is 996. The van der Waals surface area contributed by atoms with E-state index < -0.39 is 17.5 Å². The van der Waals surface area contributed by atoms with Gasteiger partial charge in [-0.15, -0.1) is 0 Å². The lowest BCUT2D eigenvalue weighted by molar-refractivity contribution is 0.102. The van der Waals surface area contributed by atoms with Crippen molar-refractivity contribution in [3.8, 4) is 6.07 Å². The van der Waals surface area contributed by atoms with E-state index in [9.17, 15) is 13.6 Å². The highest BCUT2D eigenvalue weighted by molar-refractivity contribution is 6.03. The molecule has 8 heteroatoms. The first-order valence-corrected chi connectivity index (χ1v) is 7.41. The Morgan fingerprint density at radius 2 is 1.77 bits per heavy atom. The molecule has 0 bridgehead atoms. The van der Waals surface area contributed by atoms with Crippen LogP contribution in [0.1, 0.15) is 16.1 Å². The third-order valence-corrected chi connectivity index (χ3v) is 3.37. The molecule has 0 unspecified atom stereocenters. The lowest BCUT2D eigenvalue weighted by atomic mass is 10.2. The van der Waals surface area contributed by atoms with E-state index in [1.807, 2.05) is 6.07 Å². The van der Waals surface area contributed by atoms with Crippen LogP contribution in [0.2, 0.25) is 0 Å². The molecule has 1 aromatic heterocycles. The highest BCUT2D eigenvalue weighted by atomic mass is 19.1. The lowest BCUT2D eigenvalue weighted by Gasteiger charge is -2.09. The first-order valence-electron chi connectivity index (χ1n) is 7.41. The van der Waals surface area contributed by atoms with E-state index in [-0.39, 0.29) is 17.2 Å². The van der Waals surface area contributed by atoms with Gasteiger partial charge < -0.3 is 10.6 Å². The quantitative estimate of drug-likeness (QED) is 0.749.